The molecule has 0 aliphatic carbocycles. The molecule has 6 aromatic heterocycles. The topological polar surface area (TPSA) is 157 Å². The van der Waals surface area contributed by atoms with Gasteiger partial charge in [-0.25, -0.2) is 19.9 Å². The first-order valence-corrected chi connectivity index (χ1v) is 34.2. The van der Waals surface area contributed by atoms with Crippen molar-refractivity contribution < 1.29 is 22.9 Å². The molecule has 2 aliphatic rings. The first-order chi connectivity index (χ1) is 49.4. The number of pyridine rings is 2. The third-order valence-electron chi connectivity index (χ3n) is 19.4. The molecule has 0 N–H and O–H groups in total. The molecule has 12 aromatic carbocycles. The quantitative estimate of drug-likeness (QED) is 0.145. The van der Waals surface area contributed by atoms with Gasteiger partial charge in [-0.2, -0.15) is 9.97 Å². The van der Waals surface area contributed by atoms with E-state index in [0.717, 1.165) is 122 Å². The van der Waals surface area contributed by atoms with E-state index in [9.17, 15) is 0 Å². The van der Waals surface area contributed by atoms with Crippen LogP contribution in [0.3, 0.4) is 0 Å². The van der Waals surface area contributed by atoms with Crippen LogP contribution in [0, 0.1) is 0 Å². The van der Waals surface area contributed by atoms with E-state index in [-0.39, 0.29) is 20.1 Å². The molecule has 0 atom stereocenters. The summed E-state index contributed by atoms with van der Waals surface area (Å²) in [4.78, 5) is 37.4. The van der Waals surface area contributed by atoms with Crippen LogP contribution in [0.25, 0.3) is 165 Å². The molecule has 0 amide bonds. The van der Waals surface area contributed by atoms with E-state index in [0.29, 0.717) is 34.7 Å². The number of hydrogen-bond donors (Lipinski definition) is 0. The summed E-state index contributed by atoms with van der Waals surface area (Å²) in [5.41, 5.74) is 7.71. The zero-order chi connectivity index (χ0) is 68.2. The Labute approximate surface area is 601 Å². The van der Waals surface area contributed by atoms with Crippen LogP contribution in [0.4, 0.5) is 0 Å². The third-order valence-corrected chi connectivity index (χ3v) is 19.5. The van der Waals surface area contributed by atoms with Gasteiger partial charge < -0.3 is 22.9 Å². The number of aromatic nitrogens is 8. The van der Waals surface area contributed by atoms with E-state index in [2.05, 4.69) is 216 Å². The molecule has 0 unspecified atom stereocenters. The largest absolute Gasteiger partial charge is 0.497 e. The molecule has 2 saturated heterocycles. The molecule has 0 spiro atoms. The van der Waals surface area contributed by atoms with Gasteiger partial charge >= 0.3 is 7.12 Å². The average Bonchev–Trinajstić information content (AvgIpc) is 1.65. The standard InChI is InChI=1S/C38H22N4O.C23H14ClN3.C21H20BNO3.C4H8O.2CH4/c1-3-9-25-17-29(15-13-23(25)7-1)36-40-37(30-16-14-24-8-2-4-10-26(24)18-30)42-38(41-36)32-21-39-22-34-35(32)31-19-27-11-5-6-12-28(27)20-33(31)43-34;24-23-26-21(19-11-9-15-5-1-3-7-17(15)13-19)25-22(27-23)20-12-10-16-6-2-4-8-18(16)14-20;1-20(2)21(3,4)26-22(25-20)16-11-23-12-18-19(16)15-9-13-7-5-6-8-14(13)10-17(15)24-18;1-2-4-5-3-1;;/h1-22H;1-14H;5-12H,1-4H3;1-4H2;2*1H4. The van der Waals surface area contributed by atoms with E-state index in [4.69, 9.17) is 49.4 Å². The smallest absolute Gasteiger partial charge is 0.454 e. The molecule has 0 bridgehead atoms. The van der Waals surface area contributed by atoms with Crippen LogP contribution in [-0.2, 0) is 14.0 Å². The van der Waals surface area contributed by atoms with Gasteiger partial charge in [-0.3, -0.25) is 9.97 Å². The Hall–Kier alpha value is -11.6. The number of ether oxygens (including phenoxy) is 1. The van der Waals surface area contributed by atoms with E-state index < -0.39 is 18.3 Å². The molecule has 2 fully saturated rings. The first-order valence-electron chi connectivity index (χ1n) is 33.8. The molecule has 0 radical (unpaired) electrons. The zero-order valence-corrected chi connectivity index (χ0v) is 56.6. The van der Waals surface area contributed by atoms with Crippen molar-refractivity contribution in [1.29, 1.82) is 0 Å². The normalized spacial score (nSPS) is 13.8. The highest BCUT2D eigenvalue weighted by Crippen LogP contribution is 2.41. The van der Waals surface area contributed by atoms with Crippen molar-refractivity contribution >= 4 is 133 Å². The number of benzene rings is 12. The Bertz CT molecular complexity index is 6020. The van der Waals surface area contributed by atoms with Gasteiger partial charge in [-0.15, -0.1) is 0 Å². The first kappa shape index (κ1) is 67.2. The summed E-state index contributed by atoms with van der Waals surface area (Å²) in [7, 11) is -0.469. The summed E-state index contributed by atoms with van der Waals surface area (Å²) in [5.74, 6) is 2.91. The summed E-state index contributed by atoms with van der Waals surface area (Å²) >= 11 is 6.22. The molecule has 15 heteroatoms. The van der Waals surface area contributed by atoms with Crippen LogP contribution in [0.1, 0.15) is 55.4 Å². The third kappa shape index (κ3) is 13.3. The van der Waals surface area contributed by atoms with Crippen molar-refractivity contribution in [2.45, 2.75) is 66.6 Å². The maximum absolute atomic E-state index is 6.32. The maximum Gasteiger partial charge on any atom is 0.497 e. The molecule has 103 heavy (non-hydrogen) atoms. The van der Waals surface area contributed by atoms with E-state index in [1.807, 2.05) is 91.3 Å². The number of fused-ring (bicyclic) bond motifs is 12. The minimum absolute atomic E-state index is 0. The van der Waals surface area contributed by atoms with Crippen LogP contribution in [0.5, 0.6) is 0 Å². The second-order valence-corrected chi connectivity index (χ2v) is 26.8. The summed E-state index contributed by atoms with van der Waals surface area (Å²) in [6.45, 7) is 10.2. The van der Waals surface area contributed by atoms with Crippen molar-refractivity contribution in [3.63, 3.8) is 0 Å². The molecule has 20 rings (SSSR count). The highest BCUT2D eigenvalue weighted by molar-refractivity contribution is 6.66. The van der Waals surface area contributed by atoms with E-state index in [1.54, 1.807) is 12.4 Å². The van der Waals surface area contributed by atoms with Gasteiger partial charge in [0.05, 0.1) is 23.6 Å². The molecule has 8 heterocycles. The fourth-order valence-electron chi connectivity index (χ4n) is 13.4. The van der Waals surface area contributed by atoms with Gasteiger partial charge in [0.25, 0.3) is 0 Å². The lowest BCUT2D eigenvalue weighted by atomic mass is 9.77. The highest BCUT2D eigenvalue weighted by atomic mass is 35.5. The van der Waals surface area contributed by atoms with Gasteiger partial charge in [0, 0.05) is 80.4 Å². The molecule has 504 valence electrons. The van der Waals surface area contributed by atoms with Crippen molar-refractivity contribution in [2.24, 2.45) is 0 Å². The number of rotatable bonds is 6. The number of nitrogens with zero attached hydrogens (tertiary/aromatic N) is 8. The van der Waals surface area contributed by atoms with E-state index >= 15 is 0 Å². The lowest BCUT2D eigenvalue weighted by molar-refractivity contribution is 0.00578. The van der Waals surface area contributed by atoms with Crippen LogP contribution < -0.4 is 5.46 Å². The Balaban J connectivity index is 0.000000124. The summed E-state index contributed by atoms with van der Waals surface area (Å²) in [6.07, 6.45) is 9.73. The fourth-order valence-corrected chi connectivity index (χ4v) is 13.5. The minimum Gasteiger partial charge on any atom is -0.454 e. The zero-order valence-electron chi connectivity index (χ0n) is 55.8. The molecular formula is C88H72BClN8O5. The predicted molar refractivity (Wildman–Crippen MR) is 423 cm³/mol. The molecular weight excluding hydrogens is 1300 g/mol. The van der Waals surface area contributed by atoms with Crippen molar-refractivity contribution in [1.82, 2.24) is 39.9 Å². The summed E-state index contributed by atoms with van der Waals surface area (Å²) in [5, 5.41) is 18.0. The van der Waals surface area contributed by atoms with Gasteiger partial charge in [0.15, 0.2) is 40.3 Å². The molecule has 18 aromatic rings. The van der Waals surface area contributed by atoms with Crippen LogP contribution >= 0.6 is 11.6 Å². The number of hydrogen-bond acceptors (Lipinski definition) is 13. The highest BCUT2D eigenvalue weighted by Gasteiger charge is 2.52. The fraction of sp³-hybridized carbons (Fsp3) is 0.136. The van der Waals surface area contributed by atoms with Gasteiger partial charge in [0.2, 0.25) is 5.28 Å². The SMILES string of the molecule is C.C.C1CCOC1.CC1(C)OB(c2cncc3oc4cc5ccccc5cc4c23)OC1(C)C.Clc1nc(-c2ccc3ccccc3c2)nc(-c2ccc3ccccc3c2)n1.c1ccc2cc(-c3nc(-c4ccc5ccccc5c4)nc(-c4cncc5oc6cc7ccccc7cc6c45)n3)ccc2c1. The molecule has 13 nitrogen and oxygen atoms in total. The van der Waals surface area contributed by atoms with Gasteiger partial charge in [-0.1, -0.05) is 209 Å². The Morgan fingerprint density at radius 2 is 0.650 bits per heavy atom. The average molecular weight is 1370 g/mol. The van der Waals surface area contributed by atoms with Gasteiger partial charge in [-0.05, 0) is 165 Å². The molecule has 2 aliphatic heterocycles. The second-order valence-electron chi connectivity index (χ2n) is 26.5. The van der Waals surface area contributed by atoms with E-state index in [1.165, 1.54) is 39.8 Å². The Kier molecular flexibility index (Phi) is 18.3. The van der Waals surface area contributed by atoms with Crippen molar-refractivity contribution in [2.75, 3.05) is 13.2 Å². The summed E-state index contributed by atoms with van der Waals surface area (Å²) < 4.78 is 29.9. The number of halogens is 1. The second kappa shape index (κ2) is 28.1. The summed E-state index contributed by atoms with van der Waals surface area (Å²) in [6, 6.07) is 83.1. The maximum atomic E-state index is 6.32. The van der Waals surface area contributed by atoms with Crippen LogP contribution in [0.15, 0.2) is 276 Å². The minimum atomic E-state index is -0.469. The van der Waals surface area contributed by atoms with Crippen LogP contribution in [-0.4, -0.2) is 71.4 Å². The lowest BCUT2D eigenvalue weighted by Crippen LogP contribution is -2.41. The number of furan rings is 2. The van der Waals surface area contributed by atoms with Crippen molar-refractivity contribution in [3.8, 4) is 56.9 Å². The Morgan fingerprint density at radius 1 is 0.330 bits per heavy atom. The monoisotopic (exact) mass is 1370 g/mol. The van der Waals surface area contributed by atoms with Crippen LogP contribution in [0.2, 0.25) is 5.28 Å². The molecule has 0 saturated carbocycles. The Morgan fingerprint density at radius 3 is 1.03 bits per heavy atom. The van der Waals surface area contributed by atoms with Crippen molar-refractivity contribution in [3.05, 3.63) is 273 Å². The predicted octanol–water partition coefficient (Wildman–Crippen LogP) is 22.3. The lowest BCUT2D eigenvalue weighted by Gasteiger charge is -2.32. The van der Waals surface area contributed by atoms with Gasteiger partial charge in [0.1, 0.15) is 11.2 Å².